The topological polar surface area (TPSA) is 53.9 Å². The third-order valence-electron chi connectivity index (χ3n) is 4.27. The summed E-state index contributed by atoms with van der Waals surface area (Å²) in [6.07, 6.45) is 3.69. The van der Waals surface area contributed by atoms with Gasteiger partial charge in [-0.15, -0.1) is 0 Å². The van der Waals surface area contributed by atoms with E-state index < -0.39 is 11.7 Å². The zero-order chi connectivity index (χ0) is 18.6. The predicted octanol–water partition coefficient (Wildman–Crippen LogP) is 4.49. The number of benzene rings is 2. The van der Waals surface area contributed by atoms with Crippen molar-refractivity contribution >= 4 is 23.1 Å². The molecule has 26 heavy (non-hydrogen) atoms. The number of carbonyl (C=O) groups is 1. The second kappa shape index (κ2) is 7.77. The number of carbonyl (C=O) groups excluding carboxylic acids is 1. The van der Waals surface area contributed by atoms with Crippen LogP contribution in [0.15, 0.2) is 47.6 Å². The average molecular weight is 353 g/mol. The summed E-state index contributed by atoms with van der Waals surface area (Å²) in [7, 11) is 0. The van der Waals surface area contributed by atoms with Crippen molar-refractivity contribution in [1.82, 2.24) is 10.3 Å². The lowest BCUT2D eigenvalue weighted by Crippen LogP contribution is -2.35. The number of amides is 1. The van der Waals surface area contributed by atoms with Crippen LogP contribution >= 0.6 is 0 Å². The Hall–Kier alpha value is -2.56. The first kappa shape index (κ1) is 18.2. The van der Waals surface area contributed by atoms with Gasteiger partial charge in [-0.2, -0.15) is 5.10 Å². The molecule has 0 radical (unpaired) electrons. The van der Waals surface area contributed by atoms with Crippen molar-refractivity contribution in [2.45, 2.75) is 45.3 Å². The van der Waals surface area contributed by atoms with Crippen LogP contribution in [-0.4, -0.2) is 36.0 Å². The fourth-order valence-corrected chi connectivity index (χ4v) is 3.02. The molecule has 5 heteroatoms. The molecule has 3 rings (SSSR count). The number of hydrogen-bond donors (Lipinski definition) is 1. The molecule has 138 valence electrons. The van der Waals surface area contributed by atoms with E-state index in [1.807, 2.05) is 44.0 Å². The van der Waals surface area contributed by atoms with E-state index in [0.29, 0.717) is 0 Å². The fourth-order valence-electron chi connectivity index (χ4n) is 3.02. The average Bonchev–Trinajstić information content (AvgIpc) is 3.10. The smallest absolute Gasteiger partial charge is 0.408 e. The van der Waals surface area contributed by atoms with E-state index >= 15 is 0 Å². The van der Waals surface area contributed by atoms with E-state index in [1.165, 1.54) is 5.39 Å². The van der Waals surface area contributed by atoms with Crippen molar-refractivity contribution in [2.24, 2.45) is 5.10 Å². The maximum absolute atomic E-state index is 12.3. The molecule has 1 fully saturated rings. The third-order valence-corrected chi connectivity index (χ3v) is 4.27. The molecule has 0 spiro atoms. The highest BCUT2D eigenvalue weighted by Gasteiger charge is 2.20. The van der Waals surface area contributed by atoms with E-state index in [-0.39, 0.29) is 6.04 Å². The normalized spacial score (nSPS) is 16.2. The first-order valence-corrected chi connectivity index (χ1v) is 9.18. The van der Waals surface area contributed by atoms with Gasteiger partial charge in [0, 0.05) is 13.1 Å². The number of fused-ring (bicyclic) bond motifs is 1. The standard InChI is InChI=1S/C21H27N3O2/c1-21(2,3)26-20(25)23-19(15-22-24-12-6-7-13-24)18-11-10-16-8-4-5-9-17(16)14-18/h4-5,8-11,14-15,19H,6-7,12-13H2,1-3H3,(H,23,25)/b22-15+/t19-/m0/s1. The second-order valence-corrected chi connectivity index (χ2v) is 7.66. The number of rotatable bonds is 4. The molecule has 1 saturated heterocycles. The molecular formula is C21H27N3O2. The van der Waals surface area contributed by atoms with Crippen LogP contribution < -0.4 is 5.32 Å². The monoisotopic (exact) mass is 353 g/mol. The second-order valence-electron chi connectivity index (χ2n) is 7.66. The molecule has 2 aromatic carbocycles. The molecule has 0 aromatic heterocycles. The van der Waals surface area contributed by atoms with Crippen molar-refractivity contribution in [1.29, 1.82) is 0 Å². The minimum absolute atomic E-state index is 0.338. The van der Waals surface area contributed by atoms with Gasteiger partial charge in [-0.25, -0.2) is 4.79 Å². The van der Waals surface area contributed by atoms with Gasteiger partial charge in [0.05, 0.1) is 12.3 Å². The zero-order valence-corrected chi connectivity index (χ0v) is 15.7. The zero-order valence-electron chi connectivity index (χ0n) is 15.7. The minimum Gasteiger partial charge on any atom is -0.444 e. The van der Waals surface area contributed by atoms with Gasteiger partial charge < -0.3 is 10.1 Å². The van der Waals surface area contributed by atoms with E-state index in [1.54, 1.807) is 6.21 Å². The Morgan fingerprint density at radius 3 is 2.54 bits per heavy atom. The van der Waals surface area contributed by atoms with Gasteiger partial charge in [0.15, 0.2) is 0 Å². The molecule has 1 heterocycles. The van der Waals surface area contributed by atoms with Crippen LogP contribution in [0.2, 0.25) is 0 Å². The van der Waals surface area contributed by atoms with E-state index in [2.05, 4.69) is 34.7 Å². The summed E-state index contributed by atoms with van der Waals surface area (Å²) in [5.41, 5.74) is 0.446. The maximum atomic E-state index is 12.3. The number of hydrazone groups is 1. The third kappa shape index (κ3) is 4.97. The highest BCUT2D eigenvalue weighted by molar-refractivity contribution is 5.85. The van der Waals surface area contributed by atoms with Crippen molar-refractivity contribution < 1.29 is 9.53 Å². The Labute approximate surface area is 155 Å². The van der Waals surface area contributed by atoms with Gasteiger partial charge in [-0.05, 0) is 56.0 Å². The van der Waals surface area contributed by atoms with Gasteiger partial charge in [-0.3, -0.25) is 5.01 Å². The molecule has 0 unspecified atom stereocenters. The number of hydrogen-bond acceptors (Lipinski definition) is 4. The van der Waals surface area contributed by atoms with Gasteiger partial charge in [-0.1, -0.05) is 36.4 Å². The Balaban J connectivity index is 1.83. The van der Waals surface area contributed by atoms with Crippen LogP contribution in [0.4, 0.5) is 4.79 Å². The van der Waals surface area contributed by atoms with Crippen LogP contribution in [0.1, 0.15) is 45.2 Å². The molecule has 5 nitrogen and oxygen atoms in total. The maximum Gasteiger partial charge on any atom is 0.408 e. The highest BCUT2D eigenvalue weighted by Crippen LogP contribution is 2.21. The summed E-state index contributed by atoms with van der Waals surface area (Å²) < 4.78 is 5.42. The Morgan fingerprint density at radius 1 is 1.15 bits per heavy atom. The molecule has 1 N–H and O–H groups in total. The summed E-state index contributed by atoms with van der Waals surface area (Å²) in [4.78, 5) is 12.3. The first-order chi connectivity index (χ1) is 12.4. The Morgan fingerprint density at radius 2 is 1.85 bits per heavy atom. The van der Waals surface area contributed by atoms with Crippen LogP contribution in [0.25, 0.3) is 10.8 Å². The molecular weight excluding hydrogens is 326 g/mol. The number of alkyl carbamates (subject to hydrolysis) is 1. The Bertz CT molecular complexity index is 789. The minimum atomic E-state index is -0.538. The molecule has 2 aromatic rings. The quantitative estimate of drug-likeness (QED) is 0.824. The van der Waals surface area contributed by atoms with Gasteiger partial charge in [0.25, 0.3) is 0 Å². The molecule has 0 bridgehead atoms. The molecule has 1 amide bonds. The van der Waals surface area contributed by atoms with Crippen molar-refractivity contribution in [3.05, 3.63) is 48.0 Å². The van der Waals surface area contributed by atoms with Crippen LogP contribution in [0.3, 0.4) is 0 Å². The van der Waals surface area contributed by atoms with Gasteiger partial charge in [0.2, 0.25) is 0 Å². The van der Waals surface area contributed by atoms with Crippen LogP contribution in [-0.2, 0) is 4.74 Å². The summed E-state index contributed by atoms with van der Waals surface area (Å²) in [6.45, 7) is 7.50. The molecule has 1 aliphatic rings. The summed E-state index contributed by atoms with van der Waals surface area (Å²) >= 11 is 0. The van der Waals surface area contributed by atoms with E-state index in [4.69, 9.17) is 4.74 Å². The van der Waals surface area contributed by atoms with Gasteiger partial charge >= 0.3 is 6.09 Å². The predicted molar refractivity (Wildman–Crippen MR) is 105 cm³/mol. The van der Waals surface area contributed by atoms with Crippen molar-refractivity contribution in [3.63, 3.8) is 0 Å². The van der Waals surface area contributed by atoms with E-state index in [0.717, 1.165) is 36.9 Å². The molecule has 0 saturated carbocycles. The Kier molecular flexibility index (Phi) is 5.45. The lowest BCUT2D eigenvalue weighted by atomic mass is 10.0. The van der Waals surface area contributed by atoms with Gasteiger partial charge in [0.1, 0.15) is 5.60 Å². The highest BCUT2D eigenvalue weighted by atomic mass is 16.6. The SMILES string of the molecule is CC(C)(C)OC(=O)N[C@@H](/C=N/N1CCCC1)c1ccc2ccccc2c1. The largest absolute Gasteiger partial charge is 0.444 e. The van der Waals surface area contributed by atoms with Crippen molar-refractivity contribution in [2.75, 3.05) is 13.1 Å². The number of nitrogens with zero attached hydrogens (tertiary/aromatic N) is 2. The lowest BCUT2D eigenvalue weighted by Gasteiger charge is -2.23. The summed E-state index contributed by atoms with van der Waals surface area (Å²) in [6, 6.07) is 14.0. The molecule has 1 atom stereocenters. The first-order valence-electron chi connectivity index (χ1n) is 9.18. The summed E-state index contributed by atoms with van der Waals surface area (Å²) in [5.74, 6) is 0. The van der Waals surface area contributed by atoms with Crippen molar-refractivity contribution in [3.8, 4) is 0 Å². The number of ether oxygens (including phenoxy) is 1. The van der Waals surface area contributed by atoms with E-state index in [9.17, 15) is 4.79 Å². The number of nitrogens with one attached hydrogen (secondary N) is 1. The molecule has 1 aliphatic heterocycles. The lowest BCUT2D eigenvalue weighted by molar-refractivity contribution is 0.0518. The molecule has 0 aliphatic carbocycles. The summed E-state index contributed by atoms with van der Waals surface area (Å²) in [5, 5.41) is 11.9. The van der Waals surface area contributed by atoms with Crippen LogP contribution in [0, 0.1) is 0 Å². The fraction of sp³-hybridized carbons (Fsp3) is 0.429. The van der Waals surface area contributed by atoms with Crippen LogP contribution in [0.5, 0.6) is 0 Å².